The zero-order chi connectivity index (χ0) is 21.4. The fraction of sp³-hybridized carbons (Fsp3) is 1.00. The van der Waals surface area contributed by atoms with Crippen LogP contribution in [0.1, 0.15) is 6.42 Å². The number of nitrogens with zero attached hydrogens (tertiary/aromatic N) is 1. The highest BCUT2D eigenvalue weighted by atomic mass is 35.5. The summed E-state index contributed by atoms with van der Waals surface area (Å²) in [7, 11) is 0. The molecule has 0 aromatic carbocycles. The van der Waals surface area contributed by atoms with Crippen LogP contribution in [-0.2, 0) is 0 Å². The summed E-state index contributed by atoms with van der Waals surface area (Å²) in [6.07, 6.45) is -12.9. The third-order valence-electron chi connectivity index (χ3n) is 5.04. The number of hydrogen-bond donors (Lipinski definition) is 11. The van der Waals surface area contributed by atoms with Crippen molar-refractivity contribution in [3.05, 3.63) is 0 Å². The van der Waals surface area contributed by atoms with Gasteiger partial charge in [0, 0.05) is 25.7 Å². The van der Waals surface area contributed by atoms with Gasteiger partial charge in [-0.2, -0.15) is 0 Å². The van der Waals surface area contributed by atoms with Crippen LogP contribution in [0.15, 0.2) is 0 Å². The van der Waals surface area contributed by atoms with Crippen molar-refractivity contribution in [1.29, 1.82) is 0 Å². The molecule has 9 atom stereocenters. The maximum atomic E-state index is 10.2. The standard InChI is InChI=1S/C16H34N2O10.2ClH/c19-6-11(23)15(27)13(25)9(21)4-18(8-1-2-17-3-8)5-10(22)14(26)16(28)12(24)7-20;;/h8-17,19-28H,1-7H2;2*1H/t8-,9-,10-,11+,12+,13+,14+,15+,16+;;/m0../s1. The molecule has 30 heavy (non-hydrogen) atoms. The van der Waals surface area contributed by atoms with Crippen molar-refractivity contribution < 1.29 is 51.1 Å². The molecule has 0 saturated carbocycles. The third kappa shape index (κ3) is 9.30. The summed E-state index contributed by atoms with van der Waals surface area (Å²) >= 11 is 0. The van der Waals surface area contributed by atoms with Crippen molar-refractivity contribution in [2.24, 2.45) is 0 Å². The maximum Gasteiger partial charge on any atom is 0.111 e. The molecule has 0 aromatic heterocycles. The van der Waals surface area contributed by atoms with E-state index in [1.807, 2.05) is 0 Å². The van der Waals surface area contributed by atoms with Gasteiger partial charge in [-0.05, 0) is 13.0 Å². The van der Waals surface area contributed by atoms with Crippen LogP contribution in [-0.4, -0.2) is 150 Å². The van der Waals surface area contributed by atoms with Crippen LogP contribution >= 0.6 is 24.8 Å². The number of rotatable bonds is 13. The summed E-state index contributed by atoms with van der Waals surface area (Å²) in [6.45, 7) is -0.948. The molecule has 1 heterocycles. The zero-order valence-electron chi connectivity index (χ0n) is 16.4. The lowest BCUT2D eigenvalue weighted by Crippen LogP contribution is -2.55. The van der Waals surface area contributed by atoms with E-state index in [1.165, 1.54) is 4.90 Å². The SMILES string of the molecule is Cl.Cl.OC[C@@H](O)[C@@H](O)[C@H](O)[C@@H](O)CN(C[C@H](O)[C@@H](O)[C@H](O)[C@H](O)CO)[C@H]1CCNC1. The van der Waals surface area contributed by atoms with Gasteiger partial charge in [-0.1, -0.05) is 0 Å². The summed E-state index contributed by atoms with van der Waals surface area (Å²) in [5.74, 6) is 0. The van der Waals surface area contributed by atoms with Crippen LogP contribution in [0.3, 0.4) is 0 Å². The molecule has 0 unspecified atom stereocenters. The minimum absolute atomic E-state index is 0. The predicted molar refractivity (Wildman–Crippen MR) is 110 cm³/mol. The Hall–Kier alpha value is 0.100. The topological polar surface area (TPSA) is 218 Å². The fourth-order valence-corrected chi connectivity index (χ4v) is 3.15. The second kappa shape index (κ2) is 15.8. The molecule has 11 N–H and O–H groups in total. The molecule has 184 valence electrons. The molecule has 0 aliphatic carbocycles. The Bertz CT molecular complexity index is 409. The first-order valence-electron chi connectivity index (χ1n) is 9.25. The smallest absolute Gasteiger partial charge is 0.111 e. The molecule has 1 aliphatic heterocycles. The summed E-state index contributed by atoms with van der Waals surface area (Å²) in [4.78, 5) is 1.54. The Balaban J connectivity index is 0. The van der Waals surface area contributed by atoms with Crippen molar-refractivity contribution in [2.75, 3.05) is 39.4 Å². The van der Waals surface area contributed by atoms with Crippen molar-refractivity contribution in [3.8, 4) is 0 Å². The second-order valence-electron chi connectivity index (χ2n) is 7.20. The highest BCUT2D eigenvalue weighted by Gasteiger charge is 2.36. The summed E-state index contributed by atoms with van der Waals surface area (Å²) in [6, 6.07) is -0.191. The van der Waals surface area contributed by atoms with E-state index < -0.39 is 62.0 Å². The zero-order valence-corrected chi connectivity index (χ0v) is 18.0. The highest BCUT2D eigenvalue weighted by molar-refractivity contribution is 5.85. The van der Waals surface area contributed by atoms with E-state index in [-0.39, 0.29) is 43.9 Å². The van der Waals surface area contributed by atoms with Gasteiger partial charge in [0.1, 0.15) is 36.6 Å². The molecule has 1 rings (SSSR count). The van der Waals surface area contributed by atoms with Gasteiger partial charge < -0.3 is 56.4 Å². The molecule has 14 heteroatoms. The monoisotopic (exact) mass is 486 g/mol. The first kappa shape index (κ1) is 32.3. The van der Waals surface area contributed by atoms with Gasteiger partial charge in [0.2, 0.25) is 0 Å². The predicted octanol–water partition coefficient (Wildman–Crippen LogP) is -5.63. The van der Waals surface area contributed by atoms with Crippen molar-refractivity contribution >= 4 is 24.8 Å². The quantitative estimate of drug-likeness (QED) is 0.117. The number of aliphatic hydroxyl groups excluding tert-OH is 10. The lowest BCUT2D eigenvalue weighted by atomic mass is 10.00. The number of nitrogens with one attached hydrogen (secondary N) is 1. The van der Waals surface area contributed by atoms with Gasteiger partial charge in [0.25, 0.3) is 0 Å². The first-order chi connectivity index (χ1) is 13.1. The Labute approximate surface area is 187 Å². The first-order valence-corrected chi connectivity index (χ1v) is 9.25. The molecule has 0 aromatic rings. The minimum atomic E-state index is -1.79. The molecule has 12 nitrogen and oxygen atoms in total. The maximum absolute atomic E-state index is 10.2. The molecule has 1 saturated heterocycles. The average Bonchev–Trinajstić information content (AvgIpc) is 3.24. The molecule has 0 bridgehead atoms. The van der Waals surface area contributed by atoms with E-state index in [1.54, 1.807) is 0 Å². The molecule has 0 amide bonds. The van der Waals surface area contributed by atoms with Crippen LogP contribution in [0.2, 0.25) is 0 Å². The Morgan fingerprint density at radius 3 is 1.33 bits per heavy atom. The van der Waals surface area contributed by atoms with Gasteiger partial charge in [0.05, 0.1) is 25.4 Å². The van der Waals surface area contributed by atoms with Crippen molar-refractivity contribution in [2.45, 2.75) is 61.3 Å². The highest BCUT2D eigenvalue weighted by Crippen LogP contribution is 2.15. The molecule has 1 fully saturated rings. The van der Waals surface area contributed by atoms with Gasteiger partial charge in [-0.25, -0.2) is 0 Å². The lowest BCUT2D eigenvalue weighted by Gasteiger charge is -2.36. The van der Waals surface area contributed by atoms with Crippen LogP contribution < -0.4 is 5.32 Å². The van der Waals surface area contributed by atoms with E-state index in [2.05, 4.69) is 5.32 Å². The summed E-state index contributed by atoms with van der Waals surface area (Å²) in [5.41, 5.74) is 0. The minimum Gasteiger partial charge on any atom is -0.394 e. The van der Waals surface area contributed by atoms with Crippen LogP contribution in [0.4, 0.5) is 0 Å². The number of hydrogen-bond acceptors (Lipinski definition) is 12. The fourth-order valence-electron chi connectivity index (χ4n) is 3.15. The van der Waals surface area contributed by atoms with Crippen molar-refractivity contribution in [1.82, 2.24) is 10.2 Å². The van der Waals surface area contributed by atoms with E-state index in [0.29, 0.717) is 19.5 Å². The number of aliphatic hydroxyl groups is 10. The Kier molecular flexibility index (Phi) is 17.0. The summed E-state index contributed by atoms with van der Waals surface area (Å²) in [5, 5.41) is 99.5. The molecular formula is C16H36Cl2N2O10. The number of halogens is 2. The molecule has 0 spiro atoms. The second-order valence-corrected chi connectivity index (χ2v) is 7.20. The van der Waals surface area contributed by atoms with Gasteiger partial charge in [-0.15, -0.1) is 24.8 Å². The molecular weight excluding hydrogens is 451 g/mol. The van der Waals surface area contributed by atoms with E-state index in [4.69, 9.17) is 10.2 Å². The normalized spacial score (nSPS) is 24.7. The van der Waals surface area contributed by atoms with Crippen LogP contribution in [0.5, 0.6) is 0 Å². The third-order valence-corrected chi connectivity index (χ3v) is 5.04. The average molecular weight is 487 g/mol. The van der Waals surface area contributed by atoms with Gasteiger partial charge >= 0.3 is 0 Å². The van der Waals surface area contributed by atoms with Gasteiger partial charge in [-0.3, -0.25) is 4.90 Å². The molecule has 0 radical (unpaired) electrons. The van der Waals surface area contributed by atoms with E-state index in [9.17, 15) is 40.9 Å². The van der Waals surface area contributed by atoms with E-state index in [0.717, 1.165) is 0 Å². The van der Waals surface area contributed by atoms with Crippen LogP contribution in [0.25, 0.3) is 0 Å². The largest absolute Gasteiger partial charge is 0.394 e. The Morgan fingerprint density at radius 2 is 1.03 bits per heavy atom. The van der Waals surface area contributed by atoms with Gasteiger partial charge in [0.15, 0.2) is 0 Å². The summed E-state index contributed by atoms with van der Waals surface area (Å²) < 4.78 is 0. The molecule has 1 aliphatic rings. The Morgan fingerprint density at radius 1 is 0.667 bits per heavy atom. The van der Waals surface area contributed by atoms with Crippen LogP contribution in [0, 0.1) is 0 Å². The van der Waals surface area contributed by atoms with E-state index >= 15 is 0 Å². The lowest BCUT2D eigenvalue weighted by molar-refractivity contribution is -0.132. The van der Waals surface area contributed by atoms with Crippen molar-refractivity contribution in [3.63, 3.8) is 0 Å².